The number of likely N-dealkylation sites (tertiary alicyclic amines) is 1. The van der Waals surface area contributed by atoms with Crippen molar-refractivity contribution in [1.82, 2.24) is 10.2 Å². The fourth-order valence-electron chi connectivity index (χ4n) is 2.74. The van der Waals surface area contributed by atoms with Gasteiger partial charge in [0.05, 0.1) is 0 Å². The van der Waals surface area contributed by atoms with E-state index in [1.807, 2.05) is 24.3 Å². The van der Waals surface area contributed by atoms with Crippen molar-refractivity contribution in [2.24, 2.45) is 5.73 Å². The molecule has 1 aliphatic heterocycles. The number of nitrogens with zero attached hydrogens (tertiary/aromatic N) is 1. The normalized spacial score (nSPS) is 23.5. The molecular weight excluding hydrogens is 238 g/mol. The summed E-state index contributed by atoms with van der Waals surface area (Å²) < 4.78 is 0. The summed E-state index contributed by atoms with van der Waals surface area (Å²) in [5.41, 5.74) is 7.33. The zero-order valence-corrected chi connectivity index (χ0v) is 11.1. The van der Waals surface area contributed by atoms with Gasteiger partial charge in [0.1, 0.15) is 0 Å². The van der Waals surface area contributed by atoms with Crippen molar-refractivity contribution in [3.63, 3.8) is 0 Å². The minimum atomic E-state index is 0.0335. The molecule has 19 heavy (non-hydrogen) atoms. The van der Waals surface area contributed by atoms with Crippen LogP contribution in [0, 0.1) is 0 Å². The summed E-state index contributed by atoms with van der Waals surface area (Å²) in [5.74, 6) is 0.0335. The number of benzene rings is 1. The molecule has 0 radical (unpaired) electrons. The van der Waals surface area contributed by atoms with Crippen molar-refractivity contribution in [3.05, 3.63) is 35.4 Å². The van der Waals surface area contributed by atoms with E-state index >= 15 is 0 Å². The zero-order valence-electron chi connectivity index (χ0n) is 11.1. The summed E-state index contributed by atoms with van der Waals surface area (Å²) >= 11 is 0. The van der Waals surface area contributed by atoms with Gasteiger partial charge in [0.25, 0.3) is 5.91 Å². The summed E-state index contributed by atoms with van der Waals surface area (Å²) in [6.07, 6.45) is 3.74. The molecule has 1 heterocycles. The maximum Gasteiger partial charge on any atom is 0.251 e. The molecule has 1 saturated carbocycles. The predicted molar refractivity (Wildman–Crippen MR) is 74.8 cm³/mol. The Morgan fingerprint density at radius 2 is 2.00 bits per heavy atom. The third kappa shape index (κ3) is 2.96. The van der Waals surface area contributed by atoms with E-state index < -0.39 is 0 Å². The standard InChI is InChI=1S/C15H21N3O/c16-9-11-1-3-12(4-2-11)15(19)17-13-7-8-18(10-13)14-5-6-14/h1-4,13-14H,5-10,16H2,(H,17,19). The Balaban J connectivity index is 1.55. The van der Waals surface area contributed by atoms with Crippen LogP contribution in [0.4, 0.5) is 0 Å². The van der Waals surface area contributed by atoms with Gasteiger partial charge in [-0.1, -0.05) is 12.1 Å². The molecule has 2 aliphatic rings. The van der Waals surface area contributed by atoms with Gasteiger partial charge in [0, 0.05) is 37.3 Å². The predicted octanol–water partition coefficient (Wildman–Crippen LogP) is 1.11. The minimum Gasteiger partial charge on any atom is -0.348 e. The van der Waals surface area contributed by atoms with E-state index in [1.165, 1.54) is 12.8 Å². The van der Waals surface area contributed by atoms with Gasteiger partial charge in [-0.25, -0.2) is 0 Å². The first kappa shape index (κ1) is 12.6. The highest BCUT2D eigenvalue weighted by Crippen LogP contribution is 2.29. The highest BCUT2D eigenvalue weighted by molar-refractivity contribution is 5.94. The highest BCUT2D eigenvalue weighted by atomic mass is 16.1. The average molecular weight is 259 g/mol. The van der Waals surface area contributed by atoms with E-state index in [1.54, 1.807) is 0 Å². The molecule has 1 atom stereocenters. The van der Waals surface area contributed by atoms with Crippen molar-refractivity contribution < 1.29 is 4.79 Å². The lowest BCUT2D eigenvalue weighted by Crippen LogP contribution is -2.37. The van der Waals surface area contributed by atoms with E-state index in [2.05, 4.69) is 10.2 Å². The number of rotatable bonds is 4. The maximum atomic E-state index is 12.1. The molecular formula is C15H21N3O. The molecule has 4 heteroatoms. The quantitative estimate of drug-likeness (QED) is 0.851. The largest absolute Gasteiger partial charge is 0.348 e. The molecule has 3 N–H and O–H groups in total. The third-order valence-electron chi connectivity index (χ3n) is 4.07. The Hall–Kier alpha value is -1.39. The molecule has 1 amide bonds. The average Bonchev–Trinajstić information content (AvgIpc) is 3.20. The van der Waals surface area contributed by atoms with Gasteiger partial charge in [-0.05, 0) is 37.0 Å². The summed E-state index contributed by atoms with van der Waals surface area (Å²) in [7, 11) is 0. The molecule has 1 unspecified atom stereocenters. The molecule has 1 aliphatic carbocycles. The van der Waals surface area contributed by atoms with Crippen LogP contribution in [0.15, 0.2) is 24.3 Å². The van der Waals surface area contributed by atoms with Gasteiger partial charge in [-0.3, -0.25) is 9.69 Å². The van der Waals surface area contributed by atoms with Crippen molar-refractivity contribution in [2.45, 2.75) is 37.9 Å². The van der Waals surface area contributed by atoms with Crippen LogP contribution in [0.2, 0.25) is 0 Å². The second-order valence-corrected chi connectivity index (χ2v) is 5.59. The number of hydrogen-bond donors (Lipinski definition) is 2. The second kappa shape index (κ2) is 5.31. The molecule has 1 aromatic rings. The van der Waals surface area contributed by atoms with Crippen LogP contribution in [0.25, 0.3) is 0 Å². The van der Waals surface area contributed by atoms with Crippen molar-refractivity contribution >= 4 is 5.91 Å². The monoisotopic (exact) mass is 259 g/mol. The summed E-state index contributed by atoms with van der Waals surface area (Å²) in [6.45, 7) is 2.65. The smallest absolute Gasteiger partial charge is 0.251 e. The molecule has 1 saturated heterocycles. The molecule has 2 fully saturated rings. The first-order chi connectivity index (χ1) is 9.26. The van der Waals surface area contributed by atoms with Gasteiger partial charge in [0.15, 0.2) is 0 Å². The Bertz CT molecular complexity index is 453. The minimum absolute atomic E-state index is 0.0335. The van der Waals surface area contributed by atoms with Crippen LogP contribution in [0.5, 0.6) is 0 Å². The first-order valence-electron chi connectivity index (χ1n) is 7.10. The summed E-state index contributed by atoms with van der Waals surface area (Å²) in [6, 6.07) is 8.64. The molecule has 4 nitrogen and oxygen atoms in total. The van der Waals surface area contributed by atoms with Crippen molar-refractivity contribution in [2.75, 3.05) is 13.1 Å². The number of carbonyl (C=O) groups is 1. The van der Waals surface area contributed by atoms with Gasteiger partial charge in [-0.15, -0.1) is 0 Å². The fourth-order valence-corrected chi connectivity index (χ4v) is 2.74. The van der Waals surface area contributed by atoms with Crippen molar-refractivity contribution in [3.8, 4) is 0 Å². The Morgan fingerprint density at radius 1 is 1.26 bits per heavy atom. The topological polar surface area (TPSA) is 58.4 Å². The molecule has 0 aromatic heterocycles. The van der Waals surface area contributed by atoms with Crippen LogP contribution in [0.1, 0.15) is 35.2 Å². The van der Waals surface area contributed by atoms with E-state index in [-0.39, 0.29) is 5.91 Å². The van der Waals surface area contributed by atoms with Crippen LogP contribution in [0.3, 0.4) is 0 Å². The van der Waals surface area contributed by atoms with Crippen LogP contribution < -0.4 is 11.1 Å². The van der Waals surface area contributed by atoms with Gasteiger partial charge in [0.2, 0.25) is 0 Å². The van der Waals surface area contributed by atoms with E-state index in [9.17, 15) is 4.79 Å². The number of nitrogens with one attached hydrogen (secondary N) is 1. The lowest BCUT2D eigenvalue weighted by Gasteiger charge is -2.15. The van der Waals surface area contributed by atoms with Crippen LogP contribution >= 0.6 is 0 Å². The number of carbonyl (C=O) groups excluding carboxylic acids is 1. The number of nitrogens with two attached hydrogens (primary N) is 1. The Labute approximate surface area is 114 Å². The Morgan fingerprint density at radius 3 is 2.63 bits per heavy atom. The molecule has 0 bridgehead atoms. The third-order valence-corrected chi connectivity index (χ3v) is 4.07. The molecule has 0 spiro atoms. The molecule has 1 aromatic carbocycles. The van der Waals surface area contributed by atoms with E-state index in [0.29, 0.717) is 12.6 Å². The molecule has 102 valence electrons. The van der Waals surface area contributed by atoms with Crippen LogP contribution in [-0.4, -0.2) is 36.0 Å². The van der Waals surface area contributed by atoms with Gasteiger partial charge in [-0.2, -0.15) is 0 Å². The molecule has 3 rings (SSSR count). The summed E-state index contributed by atoms with van der Waals surface area (Å²) in [4.78, 5) is 14.6. The van der Waals surface area contributed by atoms with Gasteiger partial charge < -0.3 is 11.1 Å². The SMILES string of the molecule is NCc1ccc(C(=O)NC2CCN(C3CC3)C2)cc1. The summed E-state index contributed by atoms with van der Waals surface area (Å²) in [5, 5.41) is 3.13. The Kier molecular flexibility index (Phi) is 3.53. The van der Waals surface area contributed by atoms with Crippen molar-refractivity contribution in [1.29, 1.82) is 0 Å². The lowest BCUT2D eigenvalue weighted by molar-refractivity contribution is 0.0937. The van der Waals surface area contributed by atoms with E-state index in [0.717, 1.165) is 36.7 Å². The lowest BCUT2D eigenvalue weighted by atomic mass is 10.1. The van der Waals surface area contributed by atoms with Crippen LogP contribution in [-0.2, 0) is 6.54 Å². The first-order valence-corrected chi connectivity index (χ1v) is 7.10. The zero-order chi connectivity index (χ0) is 13.2. The maximum absolute atomic E-state index is 12.1. The highest BCUT2D eigenvalue weighted by Gasteiger charge is 2.34. The van der Waals surface area contributed by atoms with Gasteiger partial charge >= 0.3 is 0 Å². The number of hydrogen-bond acceptors (Lipinski definition) is 3. The fraction of sp³-hybridized carbons (Fsp3) is 0.533. The second-order valence-electron chi connectivity index (χ2n) is 5.59. The number of amides is 1. The van der Waals surface area contributed by atoms with E-state index in [4.69, 9.17) is 5.73 Å².